The summed E-state index contributed by atoms with van der Waals surface area (Å²) < 4.78 is 59.7. The lowest BCUT2D eigenvalue weighted by Crippen LogP contribution is -2.20. The van der Waals surface area contributed by atoms with Crippen molar-refractivity contribution in [1.29, 1.82) is 0 Å². The van der Waals surface area contributed by atoms with Crippen LogP contribution in [-0.2, 0) is 26.7 Å². The summed E-state index contributed by atoms with van der Waals surface area (Å²) in [5, 5.41) is 1.83. The van der Waals surface area contributed by atoms with Gasteiger partial charge in [0.25, 0.3) is 10.0 Å². The number of benzene rings is 2. The number of hydrogen-bond donors (Lipinski definition) is 2. The fourth-order valence-corrected chi connectivity index (χ4v) is 4.78. The highest BCUT2D eigenvalue weighted by atomic mass is 32.2. The Labute approximate surface area is 167 Å². The van der Waals surface area contributed by atoms with Gasteiger partial charge in [-0.1, -0.05) is 18.2 Å². The minimum absolute atomic E-state index is 0.147. The van der Waals surface area contributed by atoms with E-state index in [1.807, 2.05) is 5.38 Å². The van der Waals surface area contributed by atoms with E-state index in [9.17, 15) is 16.8 Å². The third kappa shape index (κ3) is 4.68. The Kier molecular flexibility index (Phi) is 5.98. The predicted molar refractivity (Wildman–Crippen MR) is 106 cm³/mol. The normalized spacial score (nSPS) is 11.9. The van der Waals surface area contributed by atoms with E-state index in [2.05, 4.69) is 14.4 Å². The molecule has 2 N–H and O–H groups in total. The lowest BCUT2D eigenvalue weighted by molar-refractivity contribution is 0.304. The molecule has 0 atom stereocenters. The third-order valence-electron chi connectivity index (χ3n) is 3.69. The molecule has 0 radical (unpaired) electrons. The standard InChI is InChI=1S/C17H17N3O5S3/c1-18-27(21,22)14-5-4-6-15(9-14)28(23,24)20-16-7-2-3-8-17(16)25-10-13-11-26-12-19-13/h2-9,11-12,18,20H,10H2,1H3. The number of nitrogens with zero attached hydrogens (tertiary/aromatic N) is 1. The number of ether oxygens (including phenoxy) is 1. The monoisotopic (exact) mass is 439 g/mol. The van der Waals surface area contributed by atoms with Gasteiger partial charge in [-0.3, -0.25) is 4.72 Å². The largest absolute Gasteiger partial charge is 0.485 e. The van der Waals surface area contributed by atoms with E-state index in [4.69, 9.17) is 4.74 Å². The van der Waals surface area contributed by atoms with Crippen molar-refractivity contribution in [3.63, 3.8) is 0 Å². The highest BCUT2D eigenvalue weighted by Crippen LogP contribution is 2.28. The highest BCUT2D eigenvalue weighted by Gasteiger charge is 2.20. The topological polar surface area (TPSA) is 114 Å². The summed E-state index contributed by atoms with van der Waals surface area (Å²) in [7, 11) is -6.55. The maximum absolute atomic E-state index is 12.8. The molecule has 3 aromatic rings. The Morgan fingerprint density at radius 1 is 1.00 bits per heavy atom. The first-order valence-electron chi connectivity index (χ1n) is 7.97. The van der Waals surface area contributed by atoms with Crippen LogP contribution >= 0.6 is 11.3 Å². The molecule has 0 fully saturated rings. The quantitative estimate of drug-likeness (QED) is 0.557. The van der Waals surface area contributed by atoms with Gasteiger partial charge >= 0.3 is 0 Å². The van der Waals surface area contributed by atoms with Gasteiger partial charge in [0.15, 0.2) is 0 Å². The summed E-state index contributed by atoms with van der Waals surface area (Å²) >= 11 is 1.43. The molecule has 0 saturated heterocycles. The molecule has 28 heavy (non-hydrogen) atoms. The zero-order valence-electron chi connectivity index (χ0n) is 14.7. The van der Waals surface area contributed by atoms with Crippen LogP contribution in [0.4, 0.5) is 5.69 Å². The van der Waals surface area contributed by atoms with E-state index >= 15 is 0 Å². The number of sulfonamides is 2. The van der Waals surface area contributed by atoms with Crippen molar-refractivity contribution in [3.8, 4) is 5.75 Å². The molecule has 0 aliphatic heterocycles. The van der Waals surface area contributed by atoms with E-state index in [-0.39, 0.29) is 22.1 Å². The van der Waals surface area contributed by atoms with Crippen LogP contribution in [0.25, 0.3) is 0 Å². The van der Waals surface area contributed by atoms with Gasteiger partial charge in [-0.25, -0.2) is 26.5 Å². The van der Waals surface area contributed by atoms with Gasteiger partial charge in [-0.15, -0.1) is 11.3 Å². The third-order valence-corrected chi connectivity index (χ3v) is 7.10. The van der Waals surface area contributed by atoms with E-state index in [1.165, 1.54) is 36.6 Å². The van der Waals surface area contributed by atoms with E-state index in [1.54, 1.807) is 29.8 Å². The molecule has 0 aliphatic rings. The second-order valence-electron chi connectivity index (χ2n) is 5.55. The Morgan fingerprint density at radius 3 is 2.39 bits per heavy atom. The molecule has 1 heterocycles. The zero-order valence-corrected chi connectivity index (χ0v) is 17.1. The molecule has 8 nitrogen and oxygen atoms in total. The van der Waals surface area contributed by atoms with Crippen molar-refractivity contribution in [2.24, 2.45) is 0 Å². The van der Waals surface area contributed by atoms with Gasteiger partial charge in [0, 0.05) is 5.38 Å². The van der Waals surface area contributed by atoms with Crippen molar-refractivity contribution in [1.82, 2.24) is 9.71 Å². The number of para-hydroxylation sites is 2. The van der Waals surface area contributed by atoms with E-state index < -0.39 is 20.0 Å². The van der Waals surface area contributed by atoms with Gasteiger partial charge in [0.2, 0.25) is 10.0 Å². The number of anilines is 1. The highest BCUT2D eigenvalue weighted by molar-refractivity contribution is 7.93. The Hall–Kier alpha value is -2.47. The second-order valence-corrected chi connectivity index (χ2v) is 9.84. The lowest BCUT2D eigenvalue weighted by atomic mass is 10.3. The van der Waals surface area contributed by atoms with E-state index in [0.717, 1.165) is 11.8 Å². The number of thiazole rings is 1. The van der Waals surface area contributed by atoms with Gasteiger partial charge in [0.1, 0.15) is 12.4 Å². The predicted octanol–water partition coefficient (Wildman–Crippen LogP) is 2.43. The maximum atomic E-state index is 12.8. The van der Waals surface area contributed by atoms with Crippen LogP contribution in [0, 0.1) is 0 Å². The summed E-state index contributed by atoms with van der Waals surface area (Å²) in [6, 6.07) is 11.7. The van der Waals surface area contributed by atoms with Crippen LogP contribution in [0.2, 0.25) is 0 Å². The molecule has 2 aromatic carbocycles. The maximum Gasteiger partial charge on any atom is 0.262 e. The average molecular weight is 440 g/mol. The van der Waals surface area contributed by atoms with Gasteiger partial charge in [-0.2, -0.15) is 0 Å². The van der Waals surface area contributed by atoms with Gasteiger partial charge < -0.3 is 4.74 Å². The van der Waals surface area contributed by atoms with Crippen molar-refractivity contribution in [2.45, 2.75) is 16.4 Å². The Morgan fingerprint density at radius 2 is 1.71 bits per heavy atom. The first kappa shape index (κ1) is 20.3. The zero-order chi connectivity index (χ0) is 20.2. The molecule has 148 valence electrons. The van der Waals surface area contributed by atoms with Crippen LogP contribution in [0.5, 0.6) is 5.75 Å². The minimum Gasteiger partial charge on any atom is -0.485 e. The summed E-state index contributed by atoms with van der Waals surface area (Å²) in [5.74, 6) is 0.332. The Bertz CT molecular complexity index is 1160. The number of rotatable bonds is 8. The van der Waals surface area contributed by atoms with Crippen LogP contribution < -0.4 is 14.2 Å². The summed E-state index contributed by atoms with van der Waals surface area (Å²) in [6.45, 7) is 0.193. The average Bonchev–Trinajstić information content (AvgIpc) is 3.21. The molecule has 0 aliphatic carbocycles. The minimum atomic E-state index is -4.03. The fraction of sp³-hybridized carbons (Fsp3) is 0.118. The fourth-order valence-electron chi connectivity index (χ4n) is 2.27. The molecule has 11 heteroatoms. The molecule has 3 rings (SSSR count). The lowest BCUT2D eigenvalue weighted by Gasteiger charge is -2.13. The molecular weight excluding hydrogens is 422 g/mol. The van der Waals surface area contributed by atoms with Crippen LogP contribution in [0.1, 0.15) is 5.69 Å². The van der Waals surface area contributed by atoms with Gasteiger partial charge in [0.05, 0.1) is 26.7 Å². The van der Waals surface area contributed by atoms with Crippen LogP contribution in [0.15, 0.2) is 69.2 Å². The second kappa shape index (κ2) is 8.27. The van der Waals surface area contributed by atoms with E-state index in [0.29, 0.717) is 5.75 Å². The Balaban J connectivity index is 1.86. The number of nitrogens with one attached hydrogen (secondary N) is 2. The number of aromatic nitrogens is 1. The van der Waals surface area contributed by atoms with Crippen molar-refractivity contribution in [3.05, 3.63) is 65.1 Å². The van der Waals surface area contributed by atoms with Crippen molar-refractivity contribution >= 4 is 37.1 Å². The SMILES string of the molecule is CNS(=O)(=O)c1cccc(S(=O)(=O)Nc2ccccc2OCc2cscn2)c1. The number of hydrogen-bond acceptors (Lipinski definition) is 7. The summed E-state index contributed by atoms with van der Waals surface area (Å²) in [5.41, 5.74) is 2.65. The smallest absolute Gasteiger partial charge is 0.262 e. The molecule has 1 aromatic heterocycles. The van der Waals surface area contributed by atoms with Crippen molar-refractivity contribution < 1.29 is 21.6 Å². The summed E-state index contributed by atoms with van der Waals surface area (Å²) in [6.07, 6.45) is 0. The molecule has 0 amide bonds. The van der Waals surface area contributed by atoms with Crippen molar-refractivity contribution in [2.75, 3.05) is 11.8 Å². The molecular formula is C17H17N3O5S3. The van der Waals surface area contributed by atoms with Crippen LogP contribution in [-0.4, -0.2) is 28.9 Å². The van der Waals surface area contributed by atoms with Crippen LogP contribution in [0.3, 0.4) is 0 Å². The summed E-state index contributed by atoms with van der Waals surface area (Å²) in [4.78, 5) is 3.79. The molecule has 0 spiro atoms. The molecule has 0 bridgehead atoms. The molecule has 0 saturated carbocycles. The van der Waals surface area contributed by atoms with Gasteiger partial charge in [-0.05, 0) is 37.4 Å². The molecule has 0 unspecified atom stereocenters. The first-order valence-corrected chi connectivity index (χ1v) is 11.9. The first-order chi connectivity index (χ1) is 13.3.